The van der Waals surface area contributed by atoms with E-state index in [1.807, 2.05) is 24.3 Å². The summed E-state index contributed by atoms with van der Waals surface area (Å²) in [6, 6.07) is 11.0. The Balaban J connectivity index is 1.41. The first kappa shape index (κ1) is 24.3. The quantitative estimate of drug-likeness (QED) is 0.273. The zero-order valence-electron chi connectivity index (χ0n) is 19.8. The van der Waals surface area contributed by atoms with Crippen molar-refractivity contribution in [2.24, 2.45) is 37.9 Å². The van der Waals surface area contributed by atoms with Gasteiger partial charge < -0.3 is 46.8 Å². The summed E-state index contributed by atoms with van der Waals surface area (Å²) in [4.78, 5) is 15.5. The van der Waals surface area contributed by atoms with Gasteiger partial charge in [0.05, 0.1) is 6.54 Å². The number of hydrogen-bond acceptors (Lipinski definition) is 7. The molecular weight excluding hydrogens is 468 g/mol. The van der Waals surface area contributed by atoms with Crippen LogP contribution in [0.5, 0.6) is 23.0 Å². The fraction of sp³-hybridized carbons (Fsp3) is 0.273. The molecule has 0 saturated heterocycles. The predicted molar refractivity (Wildman–Crippen MR) is 134 cm³/mol. The van der Waals surface area contributed by atoms with Gasteiger partial charge in [0.1, 0.15) is 0 Å². The fourth-order valence-corrected chi connectivity index (χ4v) is 3.39. The lowest BCUT2D eigenvalue weighted by molar-refractivity contribution is 0.0580. The van der Waals surface area contributed by atoms with Gasteiger partial charge in [0.15, 0.2) is 40.9 Å². The predicted octanol–water partition coefficient (Wildman–Crippen LogP) is -0.129. The monoisotopic (exact) mass is 496 g/mol. The molecule has 9 N–H and O–H groups in total. The third kappa shape index (κ3) is 5.27. The van der Waals surface area contributed by atoms with E-state index in [-0.39, 0.29) is 37.2 Å². The van der Waals surface area contributed by atoms with Gasteiger partial charge in [-0.3, -0.25) is 10.3 Å². The number of para-hydroxylation sites is 2. The number of benzene rings is 2. The first-order chi connectivity index (χ1) is 17.2. The summed E-state index contributed by atoms with van der Waals surface area (Å²) < 4.78 is 22.4. The standard InChI is InChI=1S/C22H28N10O4/c1-31(10-13-6-4-7-14-16(13)34-11-33-14)21(27)29-19(25)30-22-35-15-8-3-5-12(17(15)36-22)9-28-20(26)32(2)18(23)24/h3-8,22H,9-11H2,1-2H3,(H3,23,24)(H2,26,28)(H4,25,27,29,30). The van der Waals surface area contributed by atoms with Gasteiger partial charge >= 0.3 is 6.41 Å². The molecule has 0 bridgehead atoms. The van der Waals surface area contributed by atoms with E-state index in [1.54, 1.807) is 31.1 Å². The van der Waals surface area contributed by atoms with Gasteiger partial charge in [-0.1, -0.05) is 24.3 Å². The molecule has 0 spiro atoms. The highest BCUT2D eigenvalue weighted by molar-refractivity contribution is 5.95. The van der Waals surface area contributed by atoms with Gasteiger partial charge in [0, 0.05) is 31.8 Å². The highest BCUT2D eigenvalue weighted by Gasteiger charge is 2.26. The van der Waals surface area contributed by atoms with Crippen LogP contribution in [0.2, 0.25) is 0 Å². The number of fused-ring (bicyclic) bond motifs is 2. The Hall–Kier alpha value is -4.88. The molecule has 0 aliphatic carbocycles. The lowest BCUT2D eigenvalue weighted by Crippen LogP contribution is -2.42. The maximum absolute atomic E-state index is 7.43. The summed E-state index contributed by atoms with van der Waals surface area (Å²) in [6.07, 6.45) is -1.05. The molecule has 2 aliphatic heterocycles. The Morgan fingerprint density at radius 2 is 1.67 bits per heavy atom. The molecule has 2 aliphatic rings. The van der Waals surface area contributed by atoms with Crippen LogP contribution in [0, 0.1) is 5.41 Å². The van der Waals surface area contributed by atoms with E-state index in [2.05, 4.69) is 15.0 Å². The van der Waals surface area contributed by atoms with Crippen molar-refractivity contribution in [1.82, 2.24) is 9.80 Å². The number of aliphatic imine (C=N–C) groups is 3. The molecule has 36 heavy (non-hydrogen) atoms. The highest BCUT2D eigenvalue weighted by atomic mass is 16.7. The minimum Gasteiger partial charge on any atom is -0.454 e. The Kier molecular flexibility index (Phi) is 6.85. The van der Waals surface area contributed by atoms with Crippen LogP contribution in [0.1, 0.15) is 11.1 Å². The molecule has 0 aromatic heterocycles. The average Bonchev–Trinajstić information content (AvgIpc) is 3.49. The molecule has 0 fully saturated rings. The summed E-state index contributed by atoms with van der Waals surface area (Å²) in [7, 11) is 3.31. The average molecular weight is 497 g/mol. The van der Waals surface area contributed by atoms with Crippen molar-refractivity contribution < 1.29 is 18.9 Å². The molecule has 2 heterocycles. The molecule has 14 nitrogen and oxygen atoms in total. The van der Waals surface area contributed by atoms with Crippen molar-refractivity contribution in [3.63, 3.8) is 0 Å². The number of nitrogens with two attached hydrogens (primary N) is 4. The number of ether oxygens (including phenoxy) is 4. The van der Waals surface area contributed by atoms with E-state index in [9.17, 15) is 0 Å². The first-order valence-electron chi connectivity index (χ1n) is 10.8. The van der Waals surface area contributed by atoms with E-state index in [0.717, 1.165) is 5.56 Å². The summed E-state index contributed by atoms with van der Waals surface area (Å²) in [6.45, 7) is 0.776. The largest absolute Gasteiger partial charge is 0.454 e. The highest BCUT2D eigenvalue weighted by Crippen LogP contribution is 2.38. The second-order valence-corrected chi connectivity index (χ2v) is 7.87. The number of hydrogen-bond donors (Lipinski definition) is 5. The number of nitrogens with zero attached hydrogens (tertiary/aromatic N) is 5. The lowest BCUT2D eigenvalue weighted by atomic mass is 10.2. The number of rotatable bonds is 5. The first-order valence-corrected chi connectivity index (χ1v) is 10.8. The third-order valence-electron chi connectivity index (χ3n) is 5.37. The Morgan fingerprint density at radius 1 is 0.944 bits per heavy atom. The minimum absolute atomic E-state index is 0.0892. The summed E-state index contributed by atoms with van der Waals surface area (Å²) >= 11 is 0. The number of guanidine groups is 4. The van der Waals surface area contributed by atoms with Crippen molar-refractivity contribution in [3.8, 4) is 23.0 Å². The van der Waals surface area contributed by atoms with Crippen molar-refractivity contribution in [2.45, 2.75) is 19.5 Å². The maximum atomic E-state index is 7.43. The minimum atomic E-state index is -1.05. The Bertz CT molecular complexity index is 1250. The van der Waals surface area contributed by atoms with Crippen molar-refractivity contribution >= 4 is 23.8 Å². The summed E-state index contributed by atoms with van der Waals surface area (Å²) in [5.41, 5.74) is 25.0. The van der Waals surface area contributed by atoms with Crippen LogP contribution in [-0.4, -0.2) is 60.9 Å². The molecule has 1 atom stereocenters. The molecule has 190 valence electrons. The van der Waals surface area contributed by atoms with Crippen LogP contribution in [0.25, 0.3) is 0 Å². The second-order valence-electron chi connectivity index (χ2n) is 7.87. The molecule has 14 heteroatoms. The van der Waals surface area contributed by atoms with Crippen molar-refractivity contribution in [3.05, 3.63) is 47.5 Å². The Morgan fingerprint density at radius 3 is 2.42 bits per heavy atom. The van der Waals surface area contributed by atoms with Crippen LogP contribution in [-0.2, 0) is 13.1 Å². The molecule has 2 aromatic rings. The van der Waals surface area contributed by atoms with E-state index >= 15 is 0 Å². The third-order valence-corrected chi connectivity index (χ3v) is 5.37. The second kappa shape index (κ2) is 10.2. The van der Waals surface area contributed by atoms with Gasteiger partial charge in [-0.2, -0.15) is 9.98 Å². The topological polar surface area (TPSA) is 208 Å². The molecule has 2 aromatic carbocycles. The van der Waals surface area contributed by atoms with E-state index in [1.165, 1.54) is 4.90 Å². The van der Waals surface area contributed by atoms with E-state index in [4.69, 9.17) is 47.3 Å². The molecule has 0 saturated carbocycles. The maximum Gasteiger partial charge on any atom is 0.348 e. The Labute approximate surface area is 207 Å². The zero-order chi connectivity index (χ0) is 25.8. The van der Waals surface area contributed by atoms with Gasteiger partial charge in [-0.15, -0.1) is 0 Å². The molecule has 0 radical (unpaired) electrons. The SMILES string of the molecule is CN(Cc1cccc2c1OCO2)C(N)=NC(N)=NC1Oc2cccc(CN=C(N)N(C)C(=N)N)c2O1. The number of nitrogens with one attached hydrogen (secondary N) is 1. The summed E-state index contributed by atoms with van der Waals surface area (Å²) in [5.74, 6) is 2.17. The molecule has 1 unspecified atom stereocenters. The van der Waals surface area contributed by atoms with Gasteiger partial charge in [0.25, 0.3) is 0 Å². The van der Waals surface area contributed by atoms with Crippen molar-refractivity contribution in [2.75, 3.05) is 20.9 Å². The van der Waals surface area contributed by atoms with E-state index in [0.29, 0.717) is 35.1 Å². The van der Waals surface area contributed by atoms with Gasteiger partial charge in [-0.25, -0.2) is 4.99 Å². The fourth-order valence-electron chi connectivity index (χ4n) is 3.39. The molecule has 0 amide bonds. The normalized spacial score (nSPS) is 16.7. The van der Waals surface area contributed by atoms with Gasteiger partial charge in [0.2, 0.25) is 12.8 Å². The molecule has 4 rings (SSSR count). The van der Waals surface area contributed by atoms with Crippen LogP contribution < -0.4 is 41.9 Å². The lowest BCUT2D eigenvalue weighted by Gasteiger charge is -2.18. The van der Waals surface area contributed by atoms with Crippen LogP contribution in [0.4, 0.5) is 0 Å². The molecular formula is C22H28N10O4. The van der Waals surface area contributed by atoms with E-state index < -0.39 is 6.41 Å². The van der Waals surface area contributed by atoms with Gasteiger partial charge in [-0.05, 0) is 12.1 Å². The van der Waals surface area contributed by atoms with Crippen LogP contribution in [0.3, 0.4) is 0 Å². The zero-order valence-corrected chi connectivity index (χ0v) is 19.8. The smallest absolute Gasteiger partial charge is 0.348 e. The summed E-state index contributed by atoms with van der Waals surface area (Å²) in [5, 5.41) is 7.43. The van der Waals surface area contributed by atoms with Crippen molar-refractivity contribution in [1.29, 1.82) is 5.41 Å². The van der Waals surface area contributed by atoms with Crippen LogP contribution >= 0.6 is 0 Å². The van der Waals surface area contributed by atoms with Crippen LogP contribution in [0.15, 0.2) is 51.4 Å².